The molecular weight excluding hydrogens is 300 g/mol. The molecule has 5 heteroatoms. The predicted octanol–water partition coefficient (Wildman–Crippen LogP) is 2.40. The molecule has 1 aromatic heterocycles. The van der Waals surface area contributed by atoms with Gasteiger partial charge in [-0.15, -0.1) is 0 Å². The van der Waals surface area contributed by atoms with Gasteiger partial charge in [0.05, 0.1) is 6.04 Å². The van der Waals surface area contributed by atoms with Crippen molar-refractivity contribution >= 4 is 5.91 Å². The van der Waals surface area contributed by atoms with Crippen molar-refractivity contribution < 1.29 is 4.79 Å². The van der Waals surface area contributed by atoms with Crippen molar-refractivity contribution in [2.24, 2.45) is 0 Å². The quantitative estimate of drug-likeness (QED) is 0.887. The van der Waals surface area contributed by atoms with Crippen LogP contribution in [0.25, 0.3) is 0 Å². The van der Waals surface area contributed by atoms with Gasteiger partial charge in [-0.05, 0) is 56.5 Å². The summed E-state index contributed by atoms with van der Waals surface area (Å²) in [5.41, 5.74) is 1.85. The lowest BCUT2D eigenvalue weighted by molar-refractivity contribution is -0.132. The van der Waals surface area contributed by atoms with Gasteiger partial charge in [-0.2, -0.15) is 5.10 Å². The van der Waals surface area contributed by atoms with Gasteiger partial charge >= 0.3 is 0 Å². The molecule has 2 heterocycles. The zero-order valence-corrected chi connectivity index (χ0v) is 14.5. The standard InChI is InChI=1S/C19H26N4O/c1-3-16-5-7-17(8-6-16)15(2)22-18(24)19(9-12-20-13-10-19)23-14-4-11-21-23/h4-8,11,14-15,20H,3,9-10,12-13H2,1-2H3,(H,22,24). The zero-order chi connectivity index (χ0) is 17.0. The third-order valence-corrected chi connectivity index (χ3v) is 5.03. The summed E-state index contributed by atoms with van der Waals surface area (Å²) in [5.74, 6) is 0.0553. The first-order valence-corrected chi connectivity index (χ1v) is 8.76. The van der Waals surface area contributed by atoms with E-state index in [0.29, 0.717) is 0 Å². The summed E-state index contributed by atoms with van der Waals surface area (Å²) in [5, 5.41) is 10.9. The molecule has 0 radical (unpaired) electrons. The summed E-state index contributed by atoms with van der Waals surface area (Å²) in [6.07, 6.45) is 6.16. The second-order valence-corrected chi connectivity index (χ2v) is 6.52. The van der Waals surface area contributed by atoms with Crippen molar-refractivity contribution in [2.45, 2.75) is 44.7 Å². The fraction of sp³-hybridized carbons (Fsp3) is 0.474. The maximum atomic E-state index is 13.1. The zero-order valence-electron chi connectivity index (χ0n) is 14.5. The number of carbonyl (C=O) groups is 1. The Morgan fingerprint density at radius 2 is 2.04 bits per heavy atom. The molecule has 128 valence electrons. The van der Waals surface area contributed by atoms with Crippen molar-refractivity contribution in [2.75, 3.05) is 13.1 Å². The SMILES string of the molecule is CCc1ccc(C(C)NC(=O)C2(n3cccn3)CCNCC2)cc1. The van der Waals surface area contributed by atoms with E-state index in [4.69, 9.17) is 0 Å². The number of hydrogen-bond acceptors (Lipinski definition) is 3. The molecule has 2 N–H and O–H groups in total. The molecule has 2 aromatic rings. The number of piperidine rings is 1. The van der Waals surface area contributed by atoms with E-state index in [9.17, 15) is 4.79 Å². The molecule has 0 spiro atoms. The van der Waals surface area contributed by atoms with Gasteiger partial charge in [-0.3, -0.25) is 9.48 Å². The summed E-state index contributed by atoms with van der Waals surface area (Å²) < 4.78 is 1.83. The van der Waals surface area contributed by atoms with Crippen molar-refractivity contribution in [3.05, 3.63) is 53.9 Å². The summed E-state index contributed by atoms with van der Waals surface area (Å²) in [6.45, 7) is 5.83. The summed E-state index contributed by atoms with van der Waals surface area (Å²) in [7, 11) is 0. The fourth-order valence-corrected chi connectivity index (χ4v) is 3.38. The number of carbonyl (C=O) groups excluding carboxylic acids is 1. The van der Waals surface area contributed by atoms with Crippen LogP contribution in [0.4, 0.5) is 0 Å². The average Bonchev–Trinajstić information content (AvgIpc) is 3.17. The van der Waals surface area contributed by atoms with Gasteiger partial charge in [-0.25, -0.2) is 0 Å². The summed E-state index contributed by atoms with van der Waals surface area (Å²) in [4.78, 5) is 13.1. The van der Waals surface area contributed by atoms with Gasteiger partial charge in [0.25, 0.3) is 0 Å². The van der Waals surface area contributed by atoms with E-state index in [1.54, 1.807) is 6.20 Å². The molecule has 1 unspecified atom stereocenters. The lowest BCUT2D eigenvalue weighted by Crippen LogP contribution is -2.55. The van der Waals surface area contributed by atoms with Crippen LogP contribution in [0.3, 0.4) is 0 Å². The van der Waals surface area contributed by atoms with Crippen molar-refractivity contribution in [1.29, 1.82) is 0 Å². The number of rotatable bonds is 5. The van der Waals surface area contributed by atoms with Gasteiger partial charge in [0.15, 0.2) is 0 Å². The third kappa shape index (κ3) is 3.22. The smallest absolute Gasteiger partial charge is 0.248 e. The second-order valence-electron chi connectivity index (χ2n) is 6.52. The van der Waals surface area contributed by atoms with Crippen LogP contribution in [-0.2, 0) is 16.8 Å². The van der Waals surface area contributed by atoms with Crippen molar-refractivity contribution in [3.63, 3.8) is 0 Å². The lowest BCUT2D eigenvalue weighted by Gasteiger charge is -2.37. The number of amides is 1. The minimum Gasteiger partial charge on any atom is -0.347 e. The van der Waals surface area contributed by atoms with E-state index in [2.05, 4.69) is 46.9 Å². The molecule has 24 heavy (non-hydrogen) atoms. The molecule has 1 amide bonds. The highest BCUT2D eigenvalue weighted by Gasteiger charge is 2.42. The van der Waals surface area contributed by atoms with Crippen LogP contribution in [0.1, 0.15) is 43.9 Å². The van der Waals surface area contributed by atoms with E-state index < -0.39 is 5.54 Å². The Morgan fingerprint density at radius 3 is 2.62 bits per heavy atom. The van der Waals surface area contributed by atoms with Gasteiger partial charge in [-0.1, -0.05) is 31.2 Å². The number of nitrogens with zero attached hydrogens (tertiary/aromatic N) is 2. The van der Waals surface area contributed by atoms with Crippen LogP contribution in [0.15, 0.2) is 42.7 Å². The number of benzene rings is 1. The molecule has 0 bridgehead atoms. The van der Waals surface area contributed by atoms with Crippen LogP contribution in [-0.4, -0.2) is 28.8 Å². The summed E-state index contributed by atoms with van der Waals surface area (Å²) in [6, 6.07) is 10.3. The Hall–Kier alpha value is -2.14. The Labute approximate surface area is 143 Å². The number of aryl methyl sites for hydroxylation is 1. The maximum absolute atomic E-state index is 13.1. The number of hydrogen-bond donors (Lipinski definition) is 2. The van der Waals surface area contributed by atoms with Crippen LogP contribution in [0.5, 0.6) is 0 Å². The van der Waals surface area contributed by atoms with Crippen LogP contribution in [0.2, 0.25) is 0 Å². The van der Waals surface area contributed by atoms with Crippen LogP contribution in [0, 0.1) is 0 Å². The van der Waals surface area contributed by atoms with E-state index >= 15 is 0 Å². The second kappa shape index (κ2) is 7.18. The average molecular weight is 326 g/mol. The Balaban J connectivity index is 1.78. The summed E-state index contributed by atoms with van der Waals surface area (Å²) >= 11 is 0. The first kappa shape index (κ1) is 16.7. The topological polar surface area (TPSA) is 59.0 Å². The number of aromatic nitrogens is 2. The molecule has 1 aliphatic heterocycles. The monoisotopic (exact) mass is 326 g/mol. The first-order valence-electron chi connectivity index (χ1n) is 8.76. The lowest BCUT2D eigenvalue weighted by atomic mass is 9.87. The maximum Gasteiger partial charge on any atom is 0.248 e. The highest BCUT2D eigenvalue weighted by atomic mass is 16.2. The van der Waals surface area contributed by atoms with E-state index in [1.807, 2.05) is 23.9 Å². The van der Waals surface area contributed by atoms with Gasteiger partial charge in [0.1, 0.15) is 5.54 Å². The molecule has 0 saturated carbocycles. The Bertz CT molecular complexity index is 657. The van der Waals surface area contributed by atoms with Gasteiger partial charge in [0.2, 0.25) is 5.91 Å². The molecule has 0 aliphatic carbocycles. The first-order chi connectivity index (χ1) is 11.7. The van der Waals surface area contributed by atoms with E-state index in [0.717, 1.165) is 37.9 Å². The molecule has 5 nitrogen and oxygen atoms in total. The fourth-order valence-electron chi connectivity index (χ4n) is 3.38. The highest BCUT2D eigenvalue weighted by Crippen LogP contribution is 2.28. The molecular formula is C19H26N4O. The van der Waals surface area contributed by atoms with E-state index in [-0.39, 0.29) is 11.9 Å². The van der Waals surface area contributed by atoms with Crippen molar-refractivity contribution in [3.8, 4) is 0 Å². The number of nitrogens with one attached hydrogen (secondary N) is 2. The third-order valence-electron chi connectivity index (χ3n) is 5.03. The van der Waals surface area contributed by atoms with Crippen molar-refractivity contribution in [1.82, 2.24) is 20.4 Å². The largest absolute Gasteiger partial charge is 0.347 e. The molecule has 3 rings (SSSR count). The Kier molecular flexibility index (Phi) is 5.00. The van der Waals surface area contributed by atoms with Gasteiger partial charge < -0.3 is 10.6 Å². The minimum atomic E-state index is -0.591. The molecule has 1 atom stereocenters. The minimum absolute atomic E-state index is 0.0225. The normalized spacial score (nSPS) is 18.1. The van der Waals surface area contributed by atoms with Gasteiger partial charge in [0, 0.05) is 12.4 Å². The molecule has 1 fully saturated rings. The molecule has 1 aliphatic rings. The molecule has 1 saturated heterocycles. The highest BCUT2D eigenvalue weighted by molar-refractivity contribution is 5.85. The van der Waals surface area contributed by atoms with Crippen LogP contribution >= 0.6 is 0 Å². The van der Waals surface area contributed by atoms with E-state index in [1.165, 1.54) is 5.56 Å². The Morgan fingerprint density at radius 1 is 1.33 bits per heavy atom. The molecule has 1 aromatic carbocycles. The predicted molar refractivity (Wildman–Crippen MR) is 94.7 cm³/mol. The van der Waals surface area contributed by atoms with Crippen LogP contribution < -0.4 is 10.6 Å².